The number of benzene rings is 1. The quantitative estimate of drug-likeness (QED) is 0.630. The molecule has 0 aliphatic heterocycles. The minimum Gasteiger partial charge on any atom is -0.507 e. The Morgan fingerprint density at radius 1 is 1.33 bits per heavy atom. The van der Waals surface area contributed by atoms with Gasteiger partial charge in [-0.05, 0) is 24.3 Å². The number of amides is 2. The lowest BCUT2D eigenvalue weighted by Crippen LogP contribution is -2.29. The molecule has 1 aromatic heterocycles. The summed E-state index contributed by atoms with van der Waals surface area (Å²) in [7, 11) is 1.76. The van der Waals surface area contributed by atoms with Gasteiger partial charge in [0.2, 0.25) is 0 Å². The predicted octanol–water partition coefficient (Wildman–Crippen LogP) is 1.15. The number of carbonyl (C=O) groups excluding carboxylic acids is 1. The van der Waals surface area contributed by atoms with E-state index in [4.69, 9.17) is 5.11 Å². The summed E-state index contributed by atoms with van der Waals surface area (Å²) < 4.78 is 1.63. The van der Waals surface area contributed by atoms with E-state index < -0.39 is 12.0 Å². The topological polar surface area (TPSA) is 116 Å². The van der Waals surface area contributed by atoms with E-state index >= 15 is 0 Å². The van der Waals surface area contributed by atoms with Crippen molar-refractivity contribution in [1.29, 1.82) is 0 Å². The molecule has 0 saturated carbocycles. The van der Waals surface area contributed by atoms with Gasteiger partial charge in [-0.15, -0.1) is 0 Å². The second kappa shape index (κ2) is 5.95. The van der Waals surface area contributed by atoms with E-state index in [0.29, 0.717) is 0 Å². The summed E-state index contributed by atoms with van der Waals surface area (Å²) in [4.78, 5) is 22.6. The smallest absolute Gasteiger partial charge is 0.339 e. The Morgan fingerprint density at radius 2 is 2.10 bits per heavy atom. The molecule has 0 unspecified atom stereocenters. The van der Waals surface area contributed by atoms with Gasteiger partial charge >= 0.3 is 12.0 Å². The summed E-state index contributed by atoms with van der Waals surface area (Å²) in [6.45, 7) is 0.284. The summed E-state index contributed by atoms with van der Waals surface area (Å²) >= 11 is 0. The molecule has 2 amide bonds. The molecule has 4 N–H and O–H groups in total. The van der Waals surface area contributed by atoms with Crippen LogP contribution in [0.4, 0.5) is 10.5 Å². The van der Waals surface area contributed by atoms with Crippen LogP contribution in [-0.4, -0.2) is 32.0 Å². The highest BCUT2D eigenvalue weighted by Crippen LogP contribution is 2.21. The lowest BCUT2D eigenvalue weighted by atomic mass is 10.2. The number of hydrogen-bond acceptors (Lipinski definition) is 4. The SMILES string of the molecule is Cn1nccc1CNC(=O)Nc1ccc(O)c(C(=O)O)c1. The number of carboxylic acids is 1. The van der Waals surface area contributed by atoms with E-state index in [1.54, 1.807) is 24.0 Å². The Labute approximate surface area is 120 Å². The molecule has 0 atom stereocenters. The van der Waals surface area contributed by atoms with Crippen molar-refractivity contribution in [2.24, 2.45) is 7.05 Å². The van der Waals surface area contributed by atoms with Gasteiger partial charge < -0.3 is 20.8 Å². The third-order valence-corrected chi connectivity index (χ3v) is 2.84. The molecule has 2 rings (SSSR count). The number of hydrogen-bond donors (Lipinski definition) is 4. The zero-order chi connectivity index (χ0) is 15.4. The number of aryl methyl sites for hydroxylation is 1. The molecule has 0 aliphatic rings. The molecule has 8 nitrogen and oxygen atoms in total. The van der Waals surface area contributed by atoms with E-state index in [9.17, 15) is 14.7 Å². The number of aromatic carboxylic acids is 1. The van der Waals surface area contributed by atoms with E-state index in [1.807, 2.05) is 0 Å². The monoisotopic (exact) mass is 290 g/mol. The standard InChI is InChI=1S/C13H14N4O4/c1-17-9(4-5-15-17)7-14-13(21)16-8-2-3-11(18)10(6-8)12(19)20/h2-6,18H,7H2,1H3,(H,19,20)(H2,14,16,21). The number of phenols is 1. The number of anilines is 1. The second-order valence-corrected chi connectivity index (χ2v) is 4.29. The normalized spacial score (nSPS) is 10.1. The third kappa shape index (κ3) is 3.50. The molecular weight excluding hydrogens is 276 g/mol. The fraction of sp³-hybridized carbons (Fsp3) is 0.154. The molecular formula is C13H14N4O4. The fourth-order valence-corrected chi connectivity index (χ4v) is 1.71. The van der Waals surface area contributed by atoms with Gasteiger partial charge in [-0.2, -0.15) is 5.10 Å². The van der Waals surface area contributed by atoms with Crippen LogP contribution >= 0.6 is 0 Å². The zero-order valence-electron chi connectivity index (χ0n) is 11.2. The maximum Gasteiger partial charge on any atom is 0.339 e. The third-order valence-electron chi connectivity index (χ3n) is 2.84. The van der Waals surface area contributed by atoms with Crippen LogP contribution in [0.1, 0.15) is 16.1 Å². The van der Waals surface area contributed by atoms with Crippen molar-refractivity contribution in [2.75, 3.05) is 5.32 Å². The average molecular weight is 290 g/mol. The first-order valence-corrected chi connectivity index (χ1v) is 6.05. The molecule has 0 fully saturated rings. The summed E-state index contributed by atoms with van der Waals surface area (Å²) in [5, 5.41) is 27.3. The van der Waals surface area contributed by atoms with Crippen molar-refractivity contribution < 1.29 is 19.8 Å². The van der Waals surface area contributed by atoms with Gasteiger partial charge in [-0.25, -0.2) is 9.59 Å². The van der Waals surface area contributed by atoms with Crippen LogP contribution in [0.25, 0.3) is 0 Å². The molecule has 1 aromatic carbocycles. The molecule has 2 aromatic rings. The van der Waals surface area contributed by atoms with Crippen molar-refractivity contribution in [2.45, 2.75) is 6.54 Å². The lowest BCUT2D eigenvalue weighted by molar-refractivity contribution is 0.0693. The first-order chi connectivity index (χ1) is 9.97. The highest BCUT2D eigenvalue weighted by Gasteiger charge is 2.11. The summed E-state index contributed by atoms with van der Waals surface area (Å²) in [5.74, 6) is -1.63. The second-order valence-electron chi connectivity index (χ2n) is 4.29. The van der Waals surface area contributed by atoms with Crippen LogP contribution < -0.4 is 10.6 Å². The number of rotatable bonds is 4. The van der Waals surface area contributed by atoms with Crippen molar-refractivity contribution in [3.63, 3.8) is 0 Å². The molecule has 0 saturated heterocycles. The van der Waals surface area contributed by atoms with E-state index in [0.717, 1.165) is 5.69 Å². The highest BCUT2D eigenvalue weighted by molar-refractivity contribution is 5.95. The lowest BCUT2D eigenvalue weighted by Gasteiger charge is -2.09. The number of aromatic nitrogens is 2. The average Bonchev–Trinajstić information content (AvgIpc) is 2.84. The molecule has 0 spiro atoms. The van der Waals surface area contributed by atoms with Gasteiger partial charge in [0.15, 0.2) is 0 Å². The van der Waals surface area contributed by atoms with E-state index in [-0.39, 0.29) is 23.5 Å². The molecule has 110 valence electrons. The molecule has 8 heteroatoms. The van der Waals surface area contributed by atoms with Crippen molar-refractivity contribution in [3.8, 4) is 5.75 Å². The van der Waals surface area contributed by atoms with Gasteiger partial charge in [-0.1, -0.05) is 0 Å². The Balaban J connectivity index is 1.98. The van der Waals surface area contributed by atoms with Crippen molar-refractivity contribution in [3.05, 3.63) is 41.7 Å². The fourth-order valence-electron chi connectivity index (χ4n) is 1.71. The molecule has 1 heterocycles. The van der Waals surface area contributed by atoms with Crippen LogP contribution in [0.2, 0.25) is 0 Å². The predicted molar refractivity (Wildman–Crippen MR) is 74.1 cm³/mol. The number of carbonyl (C=O) groups is 2. The van der Waals surface area contributed by atoms with Crippen molar-refractivity contribution >= 4 is 17.7 Å². The molecule has 0 aliphatic carbocycles. The highest BCUT2D eigenvalue weighted by atomic mass is 16.4. The summed E-state index contributed by atoms with van der Waals surface area (Å²) in [5.41, 5.74) is 0.814. The van der Waals surface area contributed by atoms with Crippen LogP contribution in [-0.2, 0) is 13.6 Å². The number of carboxylic acid groups (broad SMARTS) is 1. The molecule has 0 radical (unpaired) electrons. The van der Waals surface area contributed by atoms with Crippen LogP contribution in [0, 0.1) is 0 Å². The van der Waals surface area contributed by atoms with E-state index in [2.05, 4.69) is 15.7 Å². The summed E-state index contributed by atoms with van der Waals surface area (Å²) in [6, 6.07) is 5.08. The Morgan fingerprint density at radius 3 is 2.71 bits per heavy atom. The number of nitrogens with zero attached hydrogens (tertiary/aromatic N) is 2. The van der Waals surface area contributed by atoms with Gasteiger partial charge in [0, 0.05) is 18.9 Å². The van der Waals surface area contributed by atoms with Gasteiger partial charge in [0.25, 0.3) is 0 Å². The Hall–Kier alpha value is -3.03. The minimum absolute atomic E-state index is 0.271. The van der Waals surface area contributed by atoms with Gasteiger partial charge in [0.05, 0.1) is 12.2 Å². The Bertz CT molecular complexity index is 681. The zero-order valence-corrected chi connectivity index (χ0v) is 11.2. The molecule has 0 bridgehead atoms. The first kappa shape index (κ1) is 14.4. The van der Waals surface area contributed by atoms with Crippen LogP contribution in [0.3, 0.4) is 0 Å². The van der Waals surface area contributed by atoms with Crippen molar-refractivity contribution in [1.82, 2.24) is 15.1 Å². The van der Waals surface area contributed by atoms with Gasteiger partial charge in [0.1, 0.15) is 11.3 Å². The largest absolute Gasteiger partial charge is 0.507 e. The number of urea groups is 1. The van der Waals surface area contributed by atoms with Gasteiger partial charge in [-0.3, -0.25) is 4.68 Å². The first-order valence-electron chi connectivity index (χ1n) is 6.05. The van der Waals surface area contributed by atoms with E-state index in [1.165, 1.54) is 18.2 Å². The maximum absolute atomic E-state index is 11.7. The maximum atomic E-state index is 11.7. The minimum atomic E-state index is -1.27. The Kier molecular flexibility index (Phi) is 4.07. The van der Waals surface area contributed by atoms with Crippen LogP contribution in [0.15, 0.2) is 30.5 Å². The van der Waals surface area contributed by atoms with Crippen LogP contribution in [0.5, 0.6) is 5.75 Å². The molecule has 21 heavy (non-hydrogen) atoms. The number of nitrogens with one attached hydrogen (secondary N) is 2. The number of aromatic hydroxyl groups is 1. The summed E-state index contributed by atoms with van der Waals surface area (Å²) in [6.07, 6.45) is 1.62.